The maximum absolute atomic E-state index is 11.9. The van der Waals surface area contributed by atoms with E-state index in [2.05, 4.69) is 61.5 Å². The molecule has 10 heteroatoms. The minimum atomic E-state index is -0.0840. The monoisotopic (exact) mass is 598 g/mol. The number of hydrogen-bond donors (Lipinski definition) is 2. The van der Waals surface area contributed by atoms with Crippen LogP contribution >= 0.6 is 23.5 Å². The van der Waals surface area contributed by atoms with Gasteiger partial charge in [-0.2, -0.15) is 0 Å². The fourth-order valence-corrected chi connectivity index (χ4v) is 8.11. The molecule has 42 heavy (non-hydrogen) atoms. The SMILES string of the molecule is Cc1cnc(C(CCN2CCC2)Nc2ccc3c(c2)Sc2cccc(C4CN(c5cc[nH]c(=O)c5)CCO4)c2S3)cn1. The van der Waals surface area contributed by atoms with Gasteiger partial charge in [0.15, 0.2) is 0 Å². The van der Waals surface area contributed by atoms with E-state index in [4.69, 9.17) is 9.72 Å². The summed E-state index contributed by atoms with van der Waals surface area (Å²) < 4.78 is 6.29. The van der Waals surface area contributed by atoms with Gasteiger partial charge in [-0.3, -0.25) is 14.8 Å². The Morgan fingerprint density at radius 2 is 1.98 bits per heavy atom. The molecule has 0 saturated carbocycles. The highest BCUT2D eigenvalue weighted by Crippen LogP contribution is 2.52. The molecular weight excluding hydrogens is 565 g/mol. The van der Waals surface area contributed by atoms with Gasteiger partial charge in [0.05, 0.1) is 30.2 Å². The Morgan fingerprint density at radius 1 is 1.05 bits per heavy atom. The van der Waals surface area contributed by atoms with Gasteiger partial charge >= 0.3 is 0 Å². The van der Waals surface area contributed by atoms with E-state index < -0.39 is 0 Å². The van der Waals surface area contributed by atoms with Gasteiger partial charge in [0.25, 0.3) is 0 Å². The highest BCUT2D eigenvalue weighted by atomic mass is 32.2. The number of morpholine rings is 1. The number of anilines is 2. The molecule has 0 amide bonds. The molecule has 2 N–H and O–H groups in total. The molecule has 2 saturated heterocycles. The number of nitrogens with zero attached hydrogens (tertiary/aromatic N) is 4. The van der Waals surface area contributed by atoms with Crippen molar-refractivity contribution in [1.82, 2.24) is 19.9 Å². The molecule has 0 spiro atoms. The van der Waals surface area contributed by atoms with E-state index in [-0.39, 0.29) is 17.7 Å². The zero-order valence-electron chi connectivity index (χ0n) is 23.6. The van der Waals surface area contributed by atoms with E-state index >= 15 is 0 Å². The average Bonchev–Trinajstić information content (AvgIpc) is 2.99. The molecule has 7 rings (SSSR count). The molecule has 4 aromatic rings. The second kappa shape index (κ2) is 12.1. The van der Waals surface area contributed by atoms with E-state index in [0.29, 0.717) is 13.2 Å². The first-order valence-electron chi connectivity index (χ1n) is 14.5. The van der Waals surface area contributed by atoms with Gasteiger partial charge in [-0.25, -0.2) is 0 Å². The van der Waals surface area contributed by atoms with Crippen molar-refractivity contribution in [2.75, 3.05) is 49.5 Å². The minimum absolute atomic E-state index is 0.0636. The molecule has 0 aliphatic carbocycles. The summed E-state index contributed by atoms with van der Waals surface area (Å²) in [6.07, 6.45) is 7.70. The van der Waals surface area contributed by atoms with Crippen LogP contribution in [-0.4, -0.2) is 59.2 Å². The maximum Gasteiger partial charge on any atom is 0.249 e. The van der Waals surface area contributed by atoms with Crippen LogP contribution in [0.1, 0.15) is 41.9 Å². The molecule has 2 unspecified atom stereocenters. The summed E-state index contributed by atoms with van der Waals surface area (Å²) in [4.78, 5) is 33.6. The summed E-state index contributed by atoms with van der Waals surface area (Å²) >= 11 is 3.64. The van der Waals surface area contributed by atoms with Crippen LogP contribution in [0.2, 0.25) is 0 Å². The fraction of sp³-hybridized carbons (Fsp3) is 0.344. The Hall–Kier alpha value is -3.31. The molecule has 2 aromatic heterocycles. The standard InChI is InChI=1S/C32H34N6O2S2/c1-21-18-35-26(19-34-21)25(9-13-37-11-3-12-37)36-22-6-7-28-30(16-22)41-29-5-2-4-24(32(29)42-28)27-20-38(14-15-40-27)23-8-10-33-31(39)17-23/h2,4-8,10,16-19,25,27,36H,3,9,11-15,20H2,1H3,(H,33,39). The number of likely N-dealkylation sites (tertiary alicyclic amines) is 1. The second-order valence-electron chi connectivity index (χ2n) is 11.0. The van der Waals surface area contributed by atoms with Gasteiger partial charge in [0, 0.05) is 69.1 Å². The lowest BCUT2D eigenvalue weighted by Crippen LogP contribution is -2.39. The van der Waals surface area contributed by atoms with Crippen molar-refractivity contribution in [3.63, 3.8) is 0 Å². The molecule has 2 aromatic carbocycles. The smallest absolute Gasteiger partial charge is 0.249 e. The van der Waals surface area contributed by atoms with Crippen molar-refractivity contribution in [1.29, 1.82) is 0 Å². The number of H-pyrrole nitrogens is 1. The van der Waals surface area contributed by atoms with Crippen molar-refractivity contribution in [3.05, 3.63) is 94.4 Å². The summed E-state index contributed by atoms with van der Waals surface area (Å²) in [6.45, 7) is 7.51. The lowest BCUT2D eigenvalue weighted by molar-refractivity contribution is 0.0379. The van der Waals surface area contributed by atoms with Gasteiger partial charge in [0.1, 0.15) is 6.10 Å². The first kappa shape index (κ1) is 27.5. The van der Waals surface area contributed by atoms with Crippen LogP contribution in [-0.2, 0) is 4.74 Å². The van der Waals surface area contributed by atoms with E-state index in [0.717, 1.165) is 42.3 Å². The molecule has 2 fully saturated rings. The molecule has 3 aliphatic heterocycles. The molecule has 2 atom stereocenters. The zero-order chi connectivity index (χ0) is 28.5. The molecule has 5 heterocycles. The topological polar surface area (TPSA) is 86.4 Å². The number of nitrogens with one attached hydrogen (secondary N) is 2. The molecule has 0 bridgehead atoms. The Kier molecular flexibility index (Phi) is 7.94. The third-order valence-electron chi connectivity index (χ3n) is 8.10. The predicted octanol–water partition coefficient (Wildman–Crippen LogP) is 5.92. The zero-order valence-corrected chi connectivity index (χ0v) is 25.2. The Balaban J connectivity index is 1.09. The molecule has 0 radical (unpaired) electrons. The number of aromatic amines is 1. The van der Waals surface area contributed by atoms with Gasteiger partial charge in [-0.05, 0) is 68.8 Å². The van der Waals surface area contributed by atoms with E-state index in [1.165, 1.54) is 44.7 Å². The molecular formula is C32H34N6O2S2. The second-order valence-corrected chi connectivity index (χ2v) is 13.2. The lowest BCUT2D eigenvalue weighted by Gasteiger charge is -2.36. The summed E-state index contributed by atoms with van der Waals surface area (Å²) in [7, 11) is 0. The Bertz CT molecular complexity index is 1620. The lowest BCUT2D eigenvalue weighted by atomic mass is 10.1. The van der Waals surface area contributed by atoms with Crippen LogP contribution in [0.3, 0.4) is 0 Å². The van der Waals surface area contributed by atoms with Gasteiger partial charge in [-0.1, -0.05) is 35.7 Å². The van der Waals surface area contributed by atoms with Gasteiger partial charge < -0.3 is 24.8 Å². The number of hydrogen-bond acceptors (Lipinski definition) is 9. The van der Waals surface area contributed by atoms with Gasteiger partial charge in [0.2, 0.25) is 5.56 Å². The molecule has 8 nitrogen and oxygen atoms in total. The third kappa shape index (κ3) is 5.94. The Labute approximate surface area is 254 Å². The Morgan fingerprint density at radius 3 is 2.79 bits per heavy atom. The fourth-order valence-electron chi connectivity index (χ4n) is 5.66. The van der Waals surface area contributed by atoms with Crippen LogP contribution < -0.4 is 15.8 Å². The van der Waals surface area contributed by atoms with Crippen molar-refractivity contribution in [3.8, 4) is 0 Å². The van der Waals surface area contributed by atoms with Crippen LogP contribution in [0.4, 0.5) is 11.4 Å². The number of benzene rings is 2. The minimum Gasteiger partial charge on any atom is -0.377 e. The van der Waals surface area contributed by atoms with Crippen LogP contribution in [0.5, 0.6) is 0 Å². The van der Waals surface area contributed by atoms with Crippen LogP contribution in [0.15, 0.2) is 91.5 Å². The largest absolute Gasteiger partial charge is 0.377 e. The summed E-state index contributed by atoms with van der Waals surface area (Å²) in [5.74, 6) is 0. The predicted molar refractivity (Wildman–Crippen MR) is 168 cm³/mol. The first-order valence-corrected chi connectivity index (χ1v) is 16.2. The summed E-state index contributed by atoms with van der Waals surface area (Å²) in [5, 5.41) is 3.78. The quantitative estimate of drug-likeness (QED) is 0.226. The van der Waals surface area contributed by atoms with Crippen molar-refractivity contribution >= 4 is 34.9 Å². The summed E-state index contributed by atoms with van der Waals surface area (Å²) in [5.41, 5.74) is 5.07. The number of fused-ring (bicyclic) bond motifs is 2. The van der Waals surface area contributed by atoms with E-state index in [1.807, 2.05) is 48.9 Å². The van der Waals surface area contributed by atoms with Gasteiger partial charge in [-0.15, -0.1) is 0 Å². The number of aryl methyl sites for hydroxylation is 1. The first-order chi connectivity index (χ1) is 20.6. The summed E-state index contributed by atoms with van der Waals surface area (Å²) in [6, 6.07) is 16.9. The highest BCUT2D eigenvalue weighted by Gasteiger charge is 2.29. The van der Waals surface area contributed by atoms with E-state index in [9.17, 15) is 4.79 Å². The average molecular weight is 599 g/mol. The molecule has 216 valence electrons. The maximum atomic E-state index is 11.9. The van der Waals surface area contributed by atoms with Crippen molar-refractivity contribution in [2.45, 2.75) is 51.5 Å². The third-order valence-corrected chi connectivity index (χ3v) is 10.7. The highest BCUT2D eigenvalue weighted by molar-refractivity contribution is 8.05. The number of rotatable bonds is 8. The number of aromatic nitrogens is 3. The number of ether oxygens (including phenoxy) is 1. The molecule has 3 aliphatic rings. The number of pyridine rings is 1. The van der Waals surface area contributed by atoms with Crippen molar-refractivity contribution in [2.24, 2.45) is 0 Å². The van der Waals surface area contributed by atoms with Crippen molar-refractivity contribution < 1.29 is 4.74 Å². The van der Waals surface area contributed by atoms with E-state index in [1.54, 1.807) is 12.3 Å². The van der Waals surface area contributed by atoms with Crippen LogP contribution in [0.25, 0.3) is 0 Å². The van der Waals surface area contributed by atoms with Crippen LogP contribution in [0, 0.1) is 6.92 Å². The normalized spacial score (nSPS) is 19.0.